The SMILES string of the molecule is CCn1c(=O)n(CC(=O)Nc2nnc(C3CCCCC3)s2)c2ccccc21. The first-order chi connectivity index (χ1) is 13.2. The van der Waals surface area contributed by atoms with Crippen molar-refractivity contribution in [3.63, 3.8) is 0 Å². The van der Waals surface area contributed by atoms with Crippen molar-refractivity contribution in [2.24, 2.45) is 0 Å². The van der Waals surface area contributed by atoms with Gasteiger partial charge < -0.3 is 0 Å². The second-order valence-corrected chi connectivity index (χ2v) is 7.94. The first kappa shape index (κ1) is 17.9. The summed E-state index contributed by atoms with van der Waals surface area (Å²) in [7, 11) is 0. The van der Waals surface area contributed by atoms with Crippen molar-refractivity contribution in [1.82, 2.24) is 19.3 Å². The van der Waals surface area contributed by atoms with E-state index >= 15 is 0 Å². The molecule has 0 radical (unpaired) electrons. The van der Waals surface area contributed by atoms with E-state index in [1.807, 2.05) is 31.2 Å². The average Bonchev–Trinajstić information content (AvgIpc) is 3.26. The number of aromatic nitrogens is 4. The summed E-state index contributed by atoms with van der Waals surface area (Å²) in [5.41, 5.74) is 1.43. The summed E-state index contributed by atoms with van der Waals surface area (Å²) < 4.78 is 3.19. The number of anilines is 1. The maximum Gasteiger partial charge on any atom is 0.329 e. The molecule has 27 heavy (non-hydrogen) atoms. The Morgan fingerprint density at radius 1 is 1.15 bits per heavy atom. The van der Waals surface area contributed by atoms with Gasteiger partial charge in [-0.05, 0) is 31.9 Å². The number of hydrogen-bond acceptors (Lipinski definition) is 5. The second-order valence-electron chi connectivity index (χ2n) is 6.93. The molecule has 8 heteroatoms. The van der Waals surface area contributed by atoms with Crippen LogP contribution in [0.2, 0.25) is 0 Å². The summed E-state index contributed by atoms with van der Waals surface area (Å²) in [6.45, 7) is 2.45. The van der Waals surface area contributed by atoms with Gasteiger partial charge in [-0.15, -0.1) is 10.2 Å². The van der Waals surface area contributed by atoms with Crippen LogP contribution in [0.1, 0.15) is 50.0 Å². The van der Waals surface area contributed by atoms with Crippen LogP contribution >= 0.6 is 11.3 Å². The zero-order chi connectivity index (χ0) is 18.8. The minimum atomic E-state index is -0.262. The molecule has 4 rings (SSSR count). The Kier molecular flexibility index (Phi) is 5.07. The number of carbonyl (C=O) groups excluding carboxylic acids is 1. The van der Waals surface area contributed by atoms with Gasteiger partial charge in [-0.25, -0.2) is 4.79 Å². The molecule has 0 bridgehead atoms. The van der Waals surface area contributed by atoms with Crippen molar-refractivity contribution >= 4 is 33.4 Å². The van der Waals surface area contributed by atoms with Crippen LogP contribution in [0, 0.1) is 0 Å². The summed E-state index contributed by atoms with van der Waals surface area (Å²) in [6.07, 6.45) is 6.05. The minimum absolute atomic E-state index is 0.0370. The molecule has 1 aliphatic rings. The van der Waals surface area contributed by atoms with Gasteiger partial charge in [0.15, 0.2) is 0 Å². The quantitative estimate of drug-likeness (QED) is 0.730. The number of nitrogens with one attached hydrogen (secondary N) is 1. The van der Waals surface area contributed by atoms with Gasteiger partial charge in [-0.3, -0.25) is 19.2 Å². The van der Waals surface area contributed by atoms with Crippen molar-refractivity contribution in [3.8, 4) is 0 Å². The molecular weight excluding hydrogens is 362 g/mol. The zero-order valence-corrected chi connectivity index (χ0v) is 16.2. The summed E-state index contributed by atoms with van der Waals surface area (Å²) in [5, 5.41) is 12.7. The molecule has 3 aromatic rings. The van der Waals surface area contributed by atoms with E-state index in [0.29, 0.717) is 17.6 Å². The average molecular weight is 385 g/mol. The predicted octanol–water partition coefficient (Wildman–Crippen LogP) is 3.36. The molecule has 1 N–H and O–H groups in total. The molecule has 1 amide bonds. The number of rotatable bonds is 5. The van der Waals surface area contributed by atoms with Crippen LogP contribution in [-0.4, -0.2) is 25.2 Å². The fourth-order valence-electron chi connectivity index (χ4n) is 3.83. The smallest absolute Gasteiger partial charge is 0.299 e. The summed E-state index contributed by atoms with van der Waals surface area (Å²) >= 11 is 1.45. The lowest BCUT2D eigenvalue weighted by molar-refractivity contribution is -0.116. The molecule has 1 fully saturated rings. The Labute approximate surface area is 161 Å². The van der Waals surface area contributed by atoms with Crippen LogP contribution in [-0.2, 0) is 17.9 Å². The number of fused-ring (bicyclic) bond motifs is 1. The fraction of sp³-hybridized carbons (Fsp3) is 0.474. The second kappa shape index (κ2) is 7.64. The Hall–Kier alpha value is -2.48. The monoisotopic (exact) mass is 385 g/mol. The fourth-order valence-corrected chi connectivity index (χ4v) is 4.76. The predicted molar refractivity (Wildman–Crippen MR) is 106 cm³/mol. The van der Waals surface area contributed by atoms with Gasteiger partial charge in [0.1, 0.15) is 11.6 Å². The molecular formula is C19H23N5O2S. The number of nitrogens with zero attached hydrogens (tertiary/aromatic N) is 4. The normalized spacial score (nSPS) is 15.3. The first-order valence-electron chi connectivity index (χ1n) is 9.48. The topological polar surface area (TPSA) is 81.8 Å². The van der Waals surface area contributed by atoms with E-state index < -0.39 is 0 Å². The van der Waals surface area contributed by atoms with Gasteiger partial charge >= 0.3 is 5.69 Å². The Balaban J connectivity index is 1.50. The third-order valence-corrected chi connectivity index (χ3v) is 6.19. The van der Waals surface area contributed by atoms with E-state index in [2.05, 4.69) is 15.5 Å². The van der Waals surface area contributed by atoms with E-state index in [-0.39, 0.29) is 18.1 Å². The van der Waals surface area contributed by atoms with E-state index in [4.69, 9.17) is 0 Å². The molecule has 1 aromatic carbocycles. The molecule has 0 spiro atoms. The van der Waals surface area contributed by atoms with Crippen molar-refractivity contribution in [2.45, 2.75) is 58.0 Å². The van der Waals surface area contributed by atoms with E-state index in [0.717, 1.165) is 28.9 Å². The van der Waals surface area contributed by atoms with Gasteiger partial charge in [0.2, 0.25) is 11.0 Å². The van der Waals surface area contributed by atoms with Gasteiger partial charge in [0.25, 0.3) is 0 Å². The van der Waals surface area contributed by atoms with E-state index in [1.54, 1.807) is 4.57 Å². The molecule has 0 saturated heterocycles. The number of carbonyl (C=O) groups is 1. The van der Waals surface area contributed by atoms with Gasteiger partial charge in [-0.1, -0.05) is 42.7 Å². The lowest BCUT2D eigenvalue weighted by Crippen LogP contribution is -2.29. The Bertz CT molecular complexity index is 1010. The molecule has 2 aromatic heterocycles. The third kappa shape index (κ3) is 3.53. The summed E-state index contributed by atoms with van der Waals surface area (Å²) in [6, 6.07) is 7.53. The Morgan fingerprint density at radius 3 is 2.56 bits per heavy atom. The maximum atomic E-state index is 12.6. The molecule has 2 heterocycles. The van der Waals surface area contributed by atoms with Crippen molar-refractivity contribution in [1.29, 1.82) is 0 Å². The number of aryl methyl sites for hydroxylation is 1. The number of benzene rings is 1. The maximum absolute atomic E-state index is 12.6. The van der Waals surface area contributed by atoms with Gasteiger partial charge in [0, 0.05) is 12.5 Å². The molecule has 0 atom stereocenters. The van der Waals surface area contributed by atoms with Gasteiger partial charge in [0.05, 0.1) is 11.0 Å². The zero-order valence-electron chi connectivity index (χ0n) is 15.4. The largest absolute Gasteiger partial charge is 0.329 e. The number of imidazole rings is 1. The van der Waals surface area contributed by atoms with Gasteiger partial charge in [-0.2, -0.15) is 0 Å². The molecule has 0 aliphatic heterocycles. The summed E-state index contributed by atoms with van der Waals surface area (Å²) in [4.78, 5) is 25.2. The van der Waals surface area contributed by atoms with Crippen LogP contribution < -0.4 is 11.0 Å². The molecule has 1 aliphatic carbocycles. The first-order valence-corrected chi connectivity index (χ1v) is 10.3. The lowest BCUT2D eigenvalue weighted by atomic mass is 9.90. The summed E-state index contributed by atoms with van der Waals surface area (Å²) in [5.74, 6) is 0.203. The van der Waals surface area contributed by atoms with Crippen LogP contribution in [0.3, 0.4) is 0 Å². The number of hydrogen-bond donors (Lipinski definition) is 1. The van der Waals surface area contributed by atoms with Crippen LogP contribution in [0.4, 0.5) is 5.13 Å². The highest BCUT2D eigenvalue weighted by Gasteiger charge is 2.21. The van der Waals surface area contributed by atoms with E-state index in [9.17, 15) is 9.59 Å². The molecule has 1 saturated carbocycles. The highest BCUT2D eigenvalue weighted by Crippen LogP contribution is 2.35. The molecule has 0 unspecified atom stereocenters. The molecule has 7 nitrogen and oxygen atoms in total. The standard InChI is InChI=1S/C19H23N5O2S/c1-2-23-14-10-6-7-11-15(14)24(19(23)26)12-16(25)20-18-22-21-17(27-18)13-8-4-3-5-9-13/h6-7,10-11,13H,2-5,8-9,12H2,1H3,(H,20,22,25). The lowest BCUT2D eigenvalue weighted by Gasteiger charge is -2.18. The van der Waals surface area contributed by atoms with Crippen LogP contribution in [0.15, 0.2) is 29.1 Å². The Morgan fingerprint density at radius 2 is 1.85 bits per heavy atom. The van der Waals surface area contributed by atoms with Crippen LogP contribution in [0.25, 0.3) is 11.0 Å². The van der Waals surface area contributed by atoms with E-state index in [1.165, 1.54) is 35.2 Å². The highest BCUT2D eigenvalue weighted by atomic mass is 32.1. The third-order valence-electron chi connectivity index (χ3n) is 5.18. The van der Waals surface area contributed by atoms with Crippen molar-refractivity contribution < 1.29 is 4.79 Å². The highest BCUT2D eigenvalue weighted by molar-refractivity contribution is 7.15. The minimum Gasteiger partial charge on any atom is -0.299 e. The molecule has 142 valence electrons. The van der Waals surface area contributed by atoms with Crippen molar-refractivity contribution in [2.75, 3.05) is 5.32 Å². The van der Waals surface area contributed by atoms with Crippen LogP contribution in [0.5, 0.6) is 0 Å². The number of para-hydroxylation sites is 2. The van der Waals surface area contributed by atoms with Crippen molar-refractivity contribution in [3.05, 3.63) is 39.8 Å². The number of amides is 1.